The largest absolute Gasteiger partial charge is 0.325 e. The van der Waals surface area contributed by atoms with Gasteiger partial charge in [-0.05, 0) is 35.9 Å². The van der Waals surface area contributed by atoms with Crippen molar-refractivity contribution in [2.45, 2.75) is 6.42 Å². The van der Waals surface area contributed by atoms with Crippen molar-refractivity contribution in [1.82, 2.24) is 9.78 Å². The first kappa shape index (κ1) is 23.4. The Kier molecular flexibility index (Phi) is 6.14. The van der Waals surface area contributed by atoms with Crippen molar-refractivity contribution in [2.75, 3.05) is 10.6 Å². The molecule has 1 aliphatic carbocycles. The smallest absolute Gasteiger partial charge is 0.288 e. The number of carbonyl (C=O) groups excluding carboxylic acids is 4. The van der Waals surface area contributed by atoms with E-state index >= 15 is 0 Å². The molecule has 37 heavy (non-hydrogen) atoms. The average molecular weight is 489 g/mol. The van der Waals surface area contributed by atoms with Gasteiger partial charge in [-0.25, -0.2) is 4.68 Å². The van der Waals surface area contributed by atoms with Gasteiger partial charge in [-0.3, -0.25) is 19.2 Å². The van der Waals surface area contributed by atoms with E-state index in [4.69, 9.17) is 0 Å². The van der Waals surface area contributed by atoms with Crippen LogP contribution in [0.25, 0.3) is 16.9 Å². The van der Waals surface area contributed by atoms with Gasteiger partial charge in [-0.1, -0.05) is 48.5 Å². The number of nitrogens with zero attached hydrogens (tertiary/aromatic N) is 3. The molecule has 9 nitrogen and oxygen atoms in total. The number of fused-ring (bicyclic) bond motifs is 3. The highest BCUT2D eigenvalue weighted by atomic mass is 16.2. The summed E-state index contributed by atoms with van der Waals surface area (Å²) in [7, 11) is 0. The van der Waals surface area contributed by atoms with Gasteiger partial charge in [-0.15, -0.1) is 0 Å². The first-order valence-corrected chi connectivity index (χ1v) is 11.4. The molecule has 0 saturated carbocycles. The summed E-state index contributed by atoms with van der Waals surface area (Å²) in [6, 6.07) is 24.7. The van der Waals surface area contributed by atoms with Crippen LogP contribution in [0.4, 0.5) is 11.4 Å². The molecule has 0 spiro atoms. The maximum absolute atomic E-state index is 13.6. The fourth-order valence-corrected chi connectivity index (χ4v) is 4.41. The lowest BCUT2D eigenvalue weighted by molar-refractivity contribution is -0.127. The number of rotatable bonds is 7. The Labute approximate surface area is 211 Å². The standard InChI is InChI=1S/C28H19N5O4/c29-15-22(28(37)30-17-8-3-1-4-9-17)27(36)25-21-14-20-19(12-7-13-23(20)31-24(35)16-34)26(21)33(32-25)18-10-5-2-6-11-18/h1-13,16,22H,14H2,(H,30,37)(H,31,35). The Bertz CT molecular complexity index is 1590. The van der Waals surface area contributed by atoms with Crippen LogP contribution in [0.15, 0.2) is 78.9 Å². The maximum atomic E-state index is 13.6. The topological polar surface area (TPSA) is 134 Å². The second kappa shape index (κ2) is 9.71. The first-order valence-electron chi connectivity index (χ1n) is 11.4. The van der Waals surface area contributed by atoms with E-state index in [1.165, 1.54) is 0 Å². The van der Waals surface area contributed by atoms with Crippen LogP contribution >= 0.6 is 0 Å². The predicted molar refractivity (Wildman–Crippen MR) is 135 cm³/mol. The summed E-state index contributed by atoms with van der Waals surface area (Å²) in [6.07, 6.45) is 0.400. The molecule has 4 aromatic rings. The van der Waals surface area contributed by atoms with Crippen molar-refractivity contribution in [2.24, 2.45) is 5.92 Å². The van der Waals surface area contributed by atoms with E-state index in [9.17, 15) is 24.4 Å². The van der Waals surface area contributed by atoms with Gasteiger partial charge in [0.05, 0.1) is 17.5 Å². The van der Waals surface area contributed by atoms with Crippen molar-refractivity contribution < 1.29 is 19.2 Å². The number of para-hydroxylation sites is 2. The molecule has 1 aromatic heterocycles. The van der Waals surface area contributed by atoms with E-state index in [1.807, 2.05) is 42.5 Å². The highest BCUT2D eigenvalue weighted by Gasteiger charge is 2.37. The van der Waals surface area contributed by atoms with E-state index in [2.05, 4.69) is 15.7 Å². The minimum absolute atomic E-state index is 0.00233. The quantitative estimate of drug-likeness (QED) is 0.155. The van der Waals surface area contributed by atoms with Gasteiger partial charge in [0.25, 0.3) is 5.91 Å². The van der Waals surface area contributed by atoms with E-state index in [0.717, 1.165) is 5.56 Å². The van der Waals surface area contributed by atoms with Crippen LogP contribution in [0.5, 0.6) is 0 Å². The van der Waals surface area contributed by atoms with Gasteiger partial charge in [0.2, 0.25) is 18.0 Å². The molecule has 0 bridgehead atoms. The zero-order valence-corrected chi connectivity index (χ0v) is 19.3. The van der Waals surface area contributed by atoms with Crippen LogP contribution in [0, 0.1) is 17.2 Å². The lowest BCUT2D eigenvalue weighted by Crippen LogP contribution is -2.29. The van der Waals surface area contributed by atoms with E-state index in [-0.39, 0.29) is 18.4 Å². The van der Waals surface area contributed by atoms with Crippen molar-refractivity contribution >= 4 is 35.3 Å². The van der Waals surface area contributed by atoms with Gasteiger partial charge < -0.3 is 10.6 Å². The Hall–Kier alpha value is -5.36. The van der Waals surface area contributed by atoms with Crippen molar-refractivity contribution in [3.8, 4) is 23.0 Å². The molecule has 0 fully saturated rings. The maximum Gasteiger partial charge on any atom is 0.288 e. The number of aromatic nitrogens is 2. The Morgan fingerprint density at radius 3 is 2.30 bits per heavy atom. The number of anilines is 2. The number of carbonyl (C=O) groups is 4. The summed E-state index contributed by atoms with van der Waals surface area (Å²) in [6.45, 7) is 0. The molecule has 5 rings (SSSR count). The van der Waals surface area contributed by atoms with E-state index in [0.29, 0.717) is 33.9 Å². The summed E-state index contributed by atoms with van der Waals surface area (Å²) in [4.78, 5) is 49.2. The molecule has 1 heterocycles. The number of hydrogen-bond acceptors (Lipinski definition) is 6. The molecule has 2 amide bonds. The van der Waals surface area contributed by atoms with E-state index in [1.54, 1.807) is 47.1 Å². The lowest BCUT2D eigenvalue weighted by Gasteiger charge is -2.11. The molecular formula is C28H19N5O4. The summed E-state index contributed by atoms with van der Waals surface area (Å²) >= 11 is 0. The second-order valence-corrected chi connectivity index (χ2v) is 8.32. The number of nitriles is 1. The molecule has 9 heteroatoms. The van der Waals surface area contributed by atoms with Crippen LogP contribution in [0.3, 0.4) is 0 Å². The van der Waals surface area contributed by atoms with Crippen LogP contribution in [-0.2, 0) is 20.8 Å². The van der Waals surface area contributed by atoms with Crippen molar-refractivity contribution in [1.29, 1.82) is 5.26 Å². The van der Waals surface area contributed by atoms with Crippen LogP contribution in [0.1, 0.15) is 21.6 Å². The number of ketones is 1. The summed E-state index contributed by atoms with van der Waals surface area (Å²) in [5.74, 6) is -3.90. The number of amides is 2. The summed E-state index contributed by atoms with van der Waals surface area (Å²) in [5.41, 5.74) is 4.14. The Morgan fingerprint density at radius 2 is 1.62 bits per heavy atom. The monoisotopic (exact) mass is 489 g/mol. The van der Waals surface area contributed by atoms with E-state index < -0.39 is 23.5 Å². The third-order valence-electron chi connectivity index (χ3n) is 6.06. The van der Waals surface area contributed by atoms with Crippen LogP contribution in [-0.4, -0.2) is 33.7 Å². The molecule has 0 saturated heterocycles. The molecule has 3 aromatic carbocycles. The molecule has 180 valence electrons. The van der Waals surface area contributed by atoms with Gasteiger partial charge in [0, 0.05) is 28.9 Å². The fourth-order valence-electron chi connectivity index (χ4n) is 4.41. The van der Waals surface area contributed by atoms with Crippen molar-refractivity contribution in [3.63, 3.8) is 0 Å². The highest BCUT2D eigenvalue weighted by molar-refractivity contribution is 6.29. The van der Waals surface area contributed by atoms with Crippen LogP contribution in [0.2, 0.25) is 0 Å². The zero-order valence-electron chi connectivity index (χ0n) is 19.3. The third-order valence-corrected chi connectivity index (χ3v) is 6.06. The molecule has 0 aliphatic heterocycles. The number of nitrogens with one attached hydrogen (secondary N) is 2. The highest BCUT2D eigenvalue weighted by Crippen LogP contribution is 2.43. The van der Waals surface area contributed by atoms with Gasteiger partial charge in [-0.2, -0.15) is 10.4 Å². The Balaban J connectivity index is 1.59. The normalized spacial score (nSPS) is 12.0. The fraction of sp³-hybridized carbons (Fsp3) is 0.0714. The molecular weight excluding hydrogens is 470 g/mol. The SMILES string of the molecule is N#CC(C(=O)Nc1ccccc1)C(=O)c1nn(-c2ccccc2)c2c1Cc1c(NC(=O)C=O)cccc1-2. The predicted octanol–water partition coefficient (Wildman–Crippen LogP) is 3.54. The first-order chi connectivity index (χ1) is 18.0. The minimum atomic E-state index is -1.62. The van der Waals surface area contributed by atoms with Gasteiger partial charge in [0.15, 0.2) is 5.92 Å². The molecule has 0 radical (unpaired) electrons. The molecule has 1 aliphatic rings. The van der Waals surface area contributed by atoms with Gasteiger partial charge >= 0.3 is 0 Å². The van der Waals surface area contributed by atoms with Crippen LogP contribution < -0.4 is 10.6 Å². The number of Topliss-reactive ketones (excluding diaryl/α,β-unsaturated/α-hetero) is 1. The average Bonchev–Trinajstić information content (AvgIpc) is 3.48. The zero-order chi connectivity index (χ0) is 25.9. The summed E-state index contributed by atoms with van der Waals surface area (Å²) in [5, 5.41) is 19.5. The second-order valence-electron chi connectivity index (χ2n) is 8.32. The summed E-state index contributed by atoms with van der Waals surface area (Å²) < 4.78 is 1.60. The lowest BCUT2D eigenvalue weighted by atomic mass is 9.98. The number of hydrogen-bond donors (Lipinski definition) is 2. The van der Waals surface area contributed by atoms with Crippen molar-refractivity contribution in [3.05, 3.63) is 95.7 Å². The van der Waals surface area contributed by atoms with Gasteiger partial charge in [0.1, 0.15) is 5.69 Å². The molecule has 1 unspecified atom stereocenters. The number of benzene rings is 3. The molecule has 1 atom stereocenters. The number of aldehydes is 1. The molecule has 2 N–H and O–H groups in total. The third kappa shape index (κ3) is 4.28. The Morgan fingerprint density at radius 1 is 0.919 bits per heavy atom. The minimum Gasteiger partial charge on any atom is -0.325 e.